The average Bonchev–Trinajstić information content (AvgIpc) is 3.50. The molecule has 8 heteroatoms. The van der Waals surface area contributed by atoms with Crippen molar-refractivity contribution >= 4 is 0 Å². The Balaban J connectivity index is 1.12. The van der Waals surface area contributed by atoms with E-state index in [2.05, 4.69) is 33.8 Å². The van der Waals surface area contributed by atoms with Crippen LogP contribution in [0.25, 0.3) is 0 Å². The summed E-state index contributed by atoms with van der Waals surface area (Å²) >= 11 is 0. The lowest BCUT2D eigenvalue weighted by Crippen LogP contribution is -2.21. The molecule has 1 unspecified atom stereocenters. The normalized spacial score (nSPS) is 21.6. The minimum Gasteiger partial charge on any atom is -0.381 e. The standard InChI is InChI=1S/C25H35F3N4O/c1-31(14-10-20-17-22(20)18-6-8-21(9-7-18)25(26,27)28)13-4-3-5-23-29-30-24(32(23)2)19-11-15-33-16-12-19/h6-9,19-20,22H,3-5,10-17H2,1-2H3/t20?,22-/m1/s1. The molecule has 0 spiro atoms. The predicted molar refractivity (Wildman–Crippen MR) is 121 cm³/mol. The molecule has 0 amide bonds. The zero-order valence-electron chi connectivity index (χ0n) is 19.7. The first-order chi connectivity index (χ1) is 15.8. The summed E-state index contributed by atoms with van der Waals surface area (Å²) in [4.78, 5) is 2.37. The monoisotopic (exact) mass is 464 g/mol. The maximum atomic E-state index is 12.7. The van der Waals surface area contributed by atoms with Gasteiger partial charge in [0.05, 0.1) is 5.56 Å². The van der Waals surface area contributed by atoms with Crippen LogP contribution in [0.2, 0.25) is 0 Å². The number of hydrogen-bond acceptors (Lipinski definition) is 4. The molecular formula is C25H35F3N4O. The van der Waals surface area contributed by atoms with Crippen LogP contribution in [-0.2, 0) is 24.4 Å². The Morgan fingerprint density at radius 1 is 1.06 bits per heavy atom. The first-order valence-electron chi connectivity index (χ1n) is 12.1. The van der Waals surface area contributed by atoms with Crippen LogP contribution in [-0.4, -0.2) is 53.0 Å². The average molecular weight is 465 g/mol. The van der Waals surface area contributed by atoms with Crippen molar-refractivity contribution in [3.8, 4) is 0 Å². The van der Waals surface area contributed by atoms with E-state index in [-0.39, 0.29) is 0 Å². The minimum atomic E-state index is -4.26. The van der Waals surface area contributed by atoms with Crippen molar-refractivity contribution < 1.29 is 17.9 Å². The number of nitrogens with zero attached hydrogens (tertiary/aromatic N) is 4. The highest BCUT2D eigenvalue weighted by atomic mass is 19.4. The van der Waals surface area contributed by atoms with Gasteiger partial charge in [0.25, 0.3) is 0 Å². The highest BCUT2D eigenvalue weighted by Crippen LogP contribution is 2.49. The lowest BCUT2D eigenvalue weighted by atomic mass is 9.99. The van der Waals surface area contributed by atoms with Crippen molar-refractivity contribution in [2.45, 2.75) is 63.0 Å². The molecule has 0 bridgehead atoms. The summed E-state index contributed by atoms with van der Waals surface area (Å²) in [5, 5.41) is 8.88. The van der Waals surface area contributed by atoms with E-state index in [1.54, 1.807) is 12.1 Å². The quantitative estimate of drug-likeness (QED) is 0.455. The molecule has 2 atom stereocenters. The maximum absolute atomic E-state index is 12.7. The summed E-state index contributed by atoms with van der Waals surface area (Å²) in [5.41, 5.74) is 0.476. The van der Waals surface area contributed by atoms with Gasteiger partial charge in [-0.1, -0.05) is 12.1 Å². The van der Waals surface area contributed by atoms with Crippen molar-refractivity contribution in [3.05, 3.63) is 47.0 Å². The second-order valence-electron chi connectivity index (χ2n) is 9.69. The molecule has 2 aromatic rings. The number of hydrogen-bond donors (Lipinski definition) is 0. The topological polar surface area (TPSA) is 43.2 Å². The molecule has 2 fully saturated rings. The highest BCUT2D eigenvalue weighted by molar-refractivity contribution is 5.30. The number of halogens is 3. The molecule has 33 heavy (non-hydrogen) atoms. The van der Waals surface area contributed by atoms with Crippen LogP contribution >= 0.6 is 0 Å². The highest BCUT2D eigenvalue weighted by Gasteiger charge is 2.38. The lowest BCUT2D eigenvalue weighted by Gasteiger charge is -2.21. The Morgan fingerprint density at radius 2 is 1.79 bits per heavy atom. The van der Waals surface area contributed by atoms with E-state index in [9.17, 15) is 13.2 Å². The smallest absolute Gasteiger partial charge is 0.381 e. The molecule has 1 saturated carbocycles. The zero-order valence-corrected chi connectivity index (χ0v) is 19.7. The number of ether oxygens (including phenoxy) is 1. The Labute approximate surface area is 194 Å². The second-order valence-corrected chi connectivity index (χ2v) is 9.69. The van der Waals surface area contributed by atoms with E-state index in [0.717, 1.165) is 88.5 Å². The SMILES string of the molecule is CN(CCCCc1nnc(C2CCOCC2)n1C)CCC1C[C@@H]1c1ccc(C(F)(F)F)cc1. The van der Waals surface area contributed by atoms with Crippen LogP contribution in [0.1, 0.15) is 73.1 Å². The fourth-order valence-corrected chi connectivity index (χ4v) is 4.96. The van der Waals surface area contributed by atoms with E-state index in [4.69, 9.17) is 4.74 Å². The Morgan fingerprint density at radius 3 is 2.48 bits per heavy atom. The van der Waals surface area contributed by atoms with Gasteiger partial charge in [0.2, 0.25) is 0 Å². The van der Waals surface area contributed by atoms with Crippen LogP contribution in [0.4, 0.5) is 13.2 Å². The molecule has 1 aromatic heterocycles. The fraction of sp³-hybridized carbons (Fsp3) is 0.680. The van der Waals surface area contributed by atoms with E-state index in [1.807, 2.05) is 0 Å². The zero-order chi connectivity index (χ0) is 23.4. The number of unbranched alkanes of at least 4 members (excludes halogenated alkanes) is 1. The molecule has 1 saturated heterocycles. The summed E-state index contributed by atoms with van der Waals surface area (Å²) in [6.07, 6.45) is 3.11. The van der Waals surface area contributed by atoms with Gasteiger partial charge in [0.1, 0.15) is 11.6 Å². The fourth-order valence-electron chi connectivity index (χ4n) is 4.96. The van der Waals surface area contributed by atoms with E-state index in [0.29, 0.717) is 17.8 Å². The van der Waals surface area contributed by atoms with Crippen molar-refractivity contribution in [1.29, 1.82) is 0 Å². The number of benzene rings is 1. The third kappa shape index (κ3) is 6.35. The lowest BCUT2D eigenvalue weighted by molar-refractivity contribution is -0.137. The van der Waals surface area contributed by atoms with E-state index >= 15 is 0 Å². The summed E-state index contributed by atoms with van der Waals surface area (Å²) < 4.78 is 45.8. The van der Waals surface area contributed by atoms with Gasteiger partial charge in [0.15, 0.2) is 0 Å². The summed E-state index contributed by atoms with van der Waals surface area (Å²) in [5.74, 6) is 3.63. The van der Waals surface area contributed by atoms with Gasteiger partial charge in [-0.2, -0.15) is 13.2 Å². The van der Waals surface area contributed by atoms with Gasteiger partial charge in [-0.25, -0.2) is 0 Å². The Hall–Kier alpha value is -1.93. The summed E-state index contributed by atoms with van der Waals surface area (Å²) in [6, 6.07) is 5.72. The molecular weight excluding hydrogens is 429 g/mol. The summed E-state index contributed by atoms with van der Waals surface area (Å²) in [7, 11) is 4.23. The van der Waals surface area contributed by atoms with Gasteiger partial charge in [0, 0.05) is 32.6 Å². The second kappa shape index (κ2) is 10.6. The minimum absolute atomic E-state index is 0.418. The molecule has 0 radical (unpaired) electrons. The molecule has 1 aromatic carbocycles. The molecule has 1 aliphatic heterocycles. The molecule has 1 aliphatic carbocycles. The van der Waals surface area contributed by atoms with E-state index in [1.165, 1.54) is 12.1 Å². The van der Waals surface area contributed by atoms with Crippen LogP contribution in [0.5, 0.6) is 0 Å². The van der Waals surface area contributed by atoms with Crippen molar-refractivity contribution in [2.75, 3.05) is 33.4 Å². The molecule has 2 aliphatic rings. The van der Waals surface area contributed by atoms with Crippen LogP contribution in [0.15, 0.2) is 24.3 Å². The van der Waals surface area contributed by atoms with E-state index < -0.39 is 11.7 Å². The third-order valence-corrected chi connectivity index (χ3v) is 7.25. The maximum Gasteiger partial charge on any atom is 0.416 e. The molecule has 5 nitrogen and oxygen atoms in total. The van der Waals surface area contributed by atoms with Gasteiger partial charge >= 0.3 is 6.18 Å². The van der Waals surface area contributed by atoms with Crippen LogP contribution in [0.3, 0.4) is 0 Å². The number of aromatic nitrogens is 3. The third-order valence-electron chi connectivity index (χ3n) is 7.25. The van der Waals surface area contributed by atoms with Crippen molar-refractivity contribution in [1.82, 2.24) is 19.7 Å². The van der Waals surface area contributed by atoms with Gasteiger partial charge < -0.3 is 14.2 Å². The molecule has 4 rings (SSSR count). The first kappa shape index (κ1) is 24.2. The van der Waals surface area contributed by atoms with Gasteiger partial charge in [-0.15, -0.1) is 10.2 Å². The molecule has 182 valence electrons. The van der Waals surface area contributed by atoms with Crippen LogP contribution in [0, 0.1) is 5.92 Å². The van der Waals surface area contributed by atoms with Gasteiger partial charge in [-0.05, 0) is 88.2 Å². The Kier molecular flexibility index (Phi) is 7.74. The van der Waals surface area contributed by atoms with Crippen molar-refractivity contribution in [3.63, 3.8) is 0 Å². The Bertz CT molecular complexity index is 890. The number of alkyl halides is 3. The van der Waals surface area contributed by atoms with Gasteiger partial charge in [-0.3, -0.25) is 0 Å². The largest absolute Gasteiger partial charge is 0.416 e. The number of aryl methyl sites for hydroxylation is 1. The predicted octanol–water partition coefficient (Wildman–Crippen LogP) is 5.18. The molecule has 0 N–H and O–H groups in total. The van der Waals surface area contributed by atoms with Crippen LogP contribution < -0.4 is 0 Å². The van der Waals surface area contributed by atoms with Crippen molar-refractivity contribution in [2.24, 2.45) is 13.0 Å². The number of rotatable bonds is 10. The molecule has 2 heterocycles. The first-order valence-corrected chi connectivity index (χ1v) is 12.1. The summed E-state index contributed by atoms with van der Waals surface area (Å²) in [6.45, 7) is 3.69.